The molecular formula is C15H13BrClNO. The van der Waals surface area contributed by atoms with E-state index in [1.165, 1.54) is 0 Å². The van der Waals surface area contributed by atoms with Gasteiger partial charge in [-0.1, -0.05) is 39.7 Å². The topological polar surface area (TPSA) is 29.1 Å². The minimum atomic E-state index is -0.135. The SMILES string of the molecule is Cc1c(Cl)cccc1NC(=O)c1cccc(Br)c1C. The van der Waals surface area contributed by atoms with E-state index in [0.717, 1.165) is 21.3 Å². The first-order chi connectivity index (χ1) is 9.00. The number of nitrogens with one attached hydrogen (secondary N) is 1. The molecule has 0 aliphatic heterocycles. The third-order valence-electron chi connectivity index (χ3n) is 3.03. The van der Waals surface area contributed by atoms with E-state index < -0.39 is 0 Å². The molecule has 0 spiro atoms. The highest BCUT2D eigenvalue weighted by atomic mass is 79.9. The molecule has 0 radical (unpaired) electrons. The van der Waals surface area contributed by atoms with Crippen LogP contribution in [-0.4, -0.2) is 5.91 Å². The zero-order valence-electron chi connectivity index (χ0n) is 10.6. The second-order valence-corrected chi connectivity index (χ2v) is 5.54. The Bertz CT molecular complexity index is 640. The summed E-state index contributed by atoms with van der Waals surface area (Å²) in [4.78, 5) is 12.3. The van der Waals surface area contributed by atoms with Crippen molar-refractivity contribution in [1.82, 2.24) is 0 Å². The first kappa shape index (κ1) is 14.1. The van der Waals surface area contributed by atoms with Gasteiger partial charge in [-0.3, -0.25) is 4.79 Å². The van der Waals surface area contributed by atoms with Crippen molar-refractivity contribution < 1.29 is 4.79 Å². The first-order valence-corrected chi connectivity index (χ1v) is 6.99. The van der Waals surface area contributed by atoms with Crippen LogP contribution >= 0.6 is 27.5 Å². The molecule has 0 aliphatic carbocycles. The van der Waals surface area contributed by atoms with Gasteiger partial charge in [0.1, 0.15) is 0 Å². The van der Waals surface area contributed by atoms with Gasteiger partial charge in [0.2, 0.25) is 0 Å². The van der Waals surface area contributed by atoms with Crippen molar-refractivity contribution in [3.05, 3.63) is 62.6 Å². The number of rotatable bonds is 2. The maximum atomic E-state index is 12.3. The van der Waals surface area contributed by atoms with Gasteiger partial charge in [-0.25, -0.2) is 0 Å². The molecule has 0 heterocycles. The molecule has 0 bridgehead atoms. The number of hydrogen-bond donors (Lipinski definition) is 1. The highest BCUT2D eigenvalue weighted by molar-refractivity contribution is 9.10. The average molecular weight is 339 g/mol. The summed E-state index contributed by atoms with van der Waals surface area (Å²) >= 11 is 9.47. The fraction of sp³-hybridized carbons (Fsp3) is 0.133. The maximum absolute atomic E-state index is 12.3. The predicted octanol–water partition coefficient (Wildman–Crippen LogP) is 4.97. The van der Waals surface area contributed by atoms with Crippen LogP contribution in [0.4, 0.5) is 5.69 Å². The quantitative estimate of drug-likeness (QED) is 0.823. The summed E-state index contributed by atoms with van der Waals surface area (Å²) in [7, 11) is 0. The van der Waals surface area contributed by atoms with Gasteiger partial charge < -0.3 is 5.32 Å². The first-order valence-electron chi connectivity index (χ1n) is 5.82. The fourth-order valence-corrected chi connectivity index (χ4v) is 2.33. The summed E-state index contributed by atoms with van der Waals surface area (Å²) in [6.07, 6.45) is 0. The molecule has 2 rings (SSSR count). The van der Waals surface area contributed by atoms with Gasteiger partial charge in [0.25, 0.3) is 5.91 Å². The van der Waals surface area contributed by atoms with E-state index >= 15 is 0 Å². The number of anilines is 1. The van der Waals surface area contributed by atoms with E-state index in [4.69, 9.17) is 11.6 Å². The van der Waals surface area contributed by atoms with Crippen molar-refractivity contribution in [1.29, 1.82) is 0 Å². The summed E-state index contributed by atoms with van der Waals surface area (Å²) in [6, 6.07) is 11.0. The largest absolute Gasteiger partial charge is 0.322 e. The predicted molar refractivity (Wildman–Crippen MR) is 83.0 cm³/mol. The minimum Gasteiger partial charge on any atom is -0.322 e. The standard InChI is InChI=1S/C15H13BrClNO/c1-9-11(5-3-6-12(9)16)15(19)18-14-8-4-7-13(17)10(14)2/h3-8H,1-2H3,(H,18,19). The van der Waals surface area contributed by atoms with Gasteiger partial charge in [0.05, 0.1) is 0 Å². The van der Waals surface area contributed by atoms with Crippen LogP contribution in [0.25, 0.3) is 0 Å². The van der Waals surface area contributed by atoms with E-state index in [1.54, 1.807) is 12.1 Å². The number of carbonyl (C=O) groups excluding carboxylic acids is 1. The zero-order valence-corrected chi connectivity index (χ0v) is 13.0. The van der Waals surface area contributed by atoms with Crippen molar-refractivity contribution in [2.45, 2.75) is 13.8 Å². The molecule has 0 aromatic heterocycles. The molecule has 0 unspecified atom stereocenters. The van der Waals surface area contributed by atoms with E-state index in [0.29, 0.717) is 10.6 Å². The van der Waals surface area contributed by atoms with Crippen LogP contribution in [0.15, 0.2) is 40.9 Å². The molecule has 2 nitrogen and oxygen atoms in total. The summed E-state index contributed by atoms with van der Waals surface area (Å²) in [5, 5.41) is 3.53. The third kappa shape index (κ3) is 2.99. The molecule has 0 saturated carbocycles. The van der Waals surface area contributed by atoms with Crippen LogP contribution in [0.1, 0.15) is 21.5 Å². The van der Waals surface area contributed by atoms with E-state index in [2.05, 4.69) is 21.2 Å². The summed E-state index contributed by atoms with van der Waals surface area (Å²) in [5.41, 5.74) is 3.16. The smallest absolute Gasteiger partial charge is 0.255 e. The Hall–Kier alpha value is -1.32. The van der Waals surface area contributed by atoms with Crippen LogP contribution in [0.2, 0.25) is 5.02 Å². The van der Waals surface area contributed by atoms with Gasteiger partial charge >= 0.3 is 0 Å². The van der Waals surface area contributed by atoms with Crippen molar-refractivity contribution in [3.8, 4) is 0 Å². The number of benzene rings is 2. The highest BCUT2D eigenvalue weighted by Crippen LogP contribution is 2.25. The molecule has 0 saturated heterocycles. The van der Waals surface area contributed by atoms with Crippen LogP contribution in [0.5, 0.6) is 0 Å². The number of carbonyl (C=O) groups is 1. The van der Waals surface area contributed by atoms with Crippen molar-refractivity contribution in [3.63, 3.8) is 0 Å². The fourth-order valence-electron chi connectivity index (χ4n) is 1.79. The van der Waals surface area contributed by atoms with Gasteiger partial charge in [-0.15, -0.1) is 0 Å². The lowest BCUT2D eigenvalue weighted by molar-refractivity contribution is 0.102. The van der Waals surface area contributed by atoms with Crippen LogP contribution in [0, 0.1) is 13.8 Å². The van der Waals surface area contributed by atoms with E-state index in [-0.39, 0.29) is 5.91 Å². The second-order valence-electron chi connectivity index (χ2n) is 4.28. The number of halogens is 2. The normalized spacial score (nSPS) is 10.3. The molecule has 1 N–H and O–H groups in total. The molecular weight excluding hydrogens is 326 g/mol. The van der Waals surface area contributed by atoms with Crippen molar-refractivity contribution in [2.75, 3.05) is 5.32 Å². The number of hydrogen-bond acceptors (Lipinski definition) is 1. The molecule has 0 aliphatic rings. The Morgan fingerprint density at radius 2 is 1.79 bits per heavy atom. The molecule has 2 aromatic carbocycles. The molecule has 98 valence electrons. The van der Waals surface area contributed by atoms with Crippen LogP contribution in [0.3, 0.4) is 0 Å². The monoisotopic (exact) mass is 337 g/mol. The lowest BCUT2D eigenvalue weighted by atomic mass is 10.1. The average Bonchev–Trinajstić information content (AvgIpc) is 2.38. The summed E-state index contributed by atoms with van der Waals surface area (Å²) in [5.74, 6) is -0.135. The molecule has 0 atom stereocenters. The van der Waals surface area contributed by atoms with E-state index in [9.17, 15) is 4.79 Å². The molecule has 19 heavy (non-hydrogen) atoms. The number of amides is 1. The molecule has 1 amide bonds. The lowest BCUT2D eigenvalue weighted by Crippen LogP contribution is -2.14. The van der Waals surface area contributed by atoms with Crippen molar-refractivity contribution >= 4 is 39.1 Å². The lowest BCUT2D eigenvalue weighted by Gasteiger charge is -2.11. The maximum Gasteiger partial charge on any atom is 0.255 e. The Morgan fingerprint density at radius 3 is 2.53 bits per heavy atom. The van der Waals surface area contributed by atoms with Crippen LogP contribution in [-0.2, 0) is 0 Å². The second kappa shape index (κ2) is 5.76. The zero-order chi connectivity index (χ0) is 14.0. The third-order valence-corrected chi connectivity index (χ3v) is 4.30. The highest BCUT2D eigenvalue weighted by Gasteiger charge is 2.12. The Labute approximate surface area is 125 Å². The minimum absolute atomic E-state index is 0.135. The summed E-state index contributed by atoms with van der Waals surface area (Å²) < 4.78 is 0.919. The van der Waals surface area contributed by atoms with Gasteiger partial charge in [-0.2, -0.15) is 0 Å². The van der Waals surface area contributed by atoms with Gasteiger partial charge in [0.15, 0.2) is 0 Å². The Kier molecular flexibility index (Phi) is 4.27. The van der Waals surface area contributed by atoms with Gasteiger partial charge in [0, 0.05) is 20.7 Å². The molecule has 4 heteroatoms. The molecule has 0 fully saturated rings. The molecule has 2 aromatic rings. The Balaban J connectivity index is 2.31. The summed E-state index contributed by atoms with van der Waals surface area (Å²) in [6.45, 7) is 3.79. The Morgan fingerprint density at radius 1 is 1.11 bits per heavy atom. The van der Waals surface area contributed by atoms with Crippen molar-refractivity contribution in [2.24, 2.45) is 0 Å². The van der Waals surface area contributed by atoms with E-state index in [1.807, 2.05) is 38.1 Å². The van der Waals surface area contributed by atoms with Crippen LogP contribution < -0.4 is 5.32 Å². The van der Waals surface area contributed by atoms with Gasteiger partial charge in [-0.05, 0) is 49.2 Å².